The fraction of sp³-hybridized carbons (Fsp3) is 0.600. The van der Waals surface area contributed by atoms with Crippen molar-refractivity contribution in [2.75, 3.05) is 33.3 Å². The van der Waals surface area contributed by atoms with Gasteiger partial charge in [0.2, 0.25) is 0 Å². The van der Waals surface area contributed by atoms with Gasteiger partial charge < -0.3 is 20.1 Å². The number of carbonyl (C=O) groups excluding carboxylic acids is 2. The third kappa shape index (κ3) is 4.09. The van der Waals surface area contributed by atoms with E-state index in [1.165, 1.54) is 0 Å². The Labute approximate surface area is 160 Å². The average molecular weight is 375 g/mol. The Kier molecular flexibility index (Phi) is 5.72. The smallest absolute Gasteiger partial charge is 0.325 e. The molecule has 0 aromatic heterocycles. The molecule has 2 saturated heterocycles. The second kappa shape index (κ2) is 7.86. The average Bonchev–Trinajstić information content (AvgIpc) is 2.88. The van der Waals surface area contributed by atoms with Crippen molar-refractivity contribution >= 4 is 11.9 Å². The van der Waals surface area contributed by atoms with Crippen molar-refractivity contribution in [1.29, 1.82) is 0 Å². The first kappa shape index (κ1) is 19.6. The van der Waals surface area contributed by atoms with Crippen molar-refractivity contribution in [3.8, 4) is 5.75 Å². The fourth-order valence-electron chi connectivity index (χ4n) is 3.80. The summed E-state index contributed by atoms with van der Waals surface area (Å²) in [6, 6.07) is 6.63. The van der Waals surface area contributed by atoms with Crippen LogP contribution in [-0.2, 0) is 10.3 Å². The molecule has 1 aromatic rings. The van der Waals surface area contributed by atoms with Gasteiger partial charge in [-0.1, -0.05) is 19.1 Å². The van der Waals surface area contributed by atoms with Crippen LogP contribution in [0.2, 0.25) is 0 Å². The summed E-state index contributed by atoms with van der Waals surface area (Å²) < 4.78 is 5.22. The molecule has 27 heavy (non-hydrogen) atoms. The highest BCUT2D eigenvalue weighted by atomic mass is 16.5. The minimum Gasteiger partial charge on any atom is -0.497 e. The number of benzene rings is 1. The number of amides is 3. The number of urea groups is 1. The minimum absolute atomic E-state index is 0.00369. The van der Waals surface area contributed by atoms with Gasteiger partial charge in [0.25, 0.3) is 5.91 Å². The molecule has 2 atom stereocenters. The molecule has 2 unspecified atom stereocenters. The zero-order valence-corrected chi connectivity index (χ0v) is 16.3. The first-order chi connectivity index (χ1) is 12.8. The van der Waals surface area contributed by atoms with Crippen molar-refractivity contribution in [2.24, 2.45) is 5.92 Å². The highest BCUT2D eigenvalue weighted by Crippen LogP contribution is 2.31. The lowest BCUT2D eigenvalue weighted by atomic mass is 9.92. The molecule has 7 nitrogen and oxygen atoms in total. The molecule has 3 amide bonds. The van der Waals surface area contributed by atoms with Crippen LogP contribution in [0, 0.1) is 5.92 Å². The van der Waals surface area contributed by atoms with E-state index in [0.717, 1.165) is 30.8 Å². The molecule has 0 spiro atoms. The van der Waals surface area contributed by atoms with Crippen molar-refractivity contribution in [1.82, 2.24) is 15.1 Å². The zero-order valence-electron chi connectivity index (χ0n) is 16.3. The summed E-state index contributed by atoms with van der Waals surface area (Å²) in [5.41, 5.74) is -0.506. The molecule has 0 radical (unpaired) electrons. The van der Waals surface area contributed by atoms with Crippen LogP contribution in [0.3, 0.4) is 0 Å². The molecule has 2 aliphatic rings. The predicted octanol–water partition coefficient (Wildman–Crippen LogP) is 1.55. The number of methoxy groups -OCH3 is 1. The molecular weight excluding hydrogens is 346 g/mol. The molecule has 2 aliphatic heterocycles. The molecule has 2 heterocycles. The SMILES string of the molecule is COc1cccc(C2(C)NC(=O)N(CC(O)CN3CCC(C)CC3)C2=O)c1. The number of β-amino-alcohol motifs (C(OH)–C–C–N with tert-alkyl or cyclic N) is 1. The van der Waals surface area contributed by atoms with E-state index >= 15 is 0 Å². The number of hydrogen-bond donors (Lipinski definition) is 2. The van der Waals surface area contributed by atoms with E-state index in [1.54, 1.807) is 38.3 Å². The maximum atomic E-state index is 13.0. The first-order valence-corrected chi connectivity index (χ1v) is 9.52. The molecule has 2 fully saturated rings. The number of carbonyl (C=O) groups is 2. The van der Waals surface area contributed by atoms with Gasteiger partial charge in [0.1, 0.15) is 11.3 Å². The first-order valence-electron chi connectivity index (χ1n) is 9.52. The quantitative estimate of drug-likeness (QED) is 0.738. The number of nitrogens with one attached hydrogen (secondary N) is 1. The largest absolute Gasteiger partial charge is 0.497 e. The van der Waals surface area contributed by atoms with Gasteiger partial charge in [0.05, 0.1) is 19.8 Å². The Bertz CT molecular complexity index is 702. The topological polar surface area (TPSA) is 82.1 Å². The number of hydrogen-bond acceptors (Lipinski definition) is 5. The molecule has 0 saturated carbocycles. The van der Waals surface area contributed by atoms with E-state index in [-0.39, 0.29) is 12.5 Å². The van der Waals surface area contributed by atoms with Crippen LogP contribution in [0.15, 0.2) is 24.3 Å². The summed E-state index contributed by atoms with van der Waals surface area (Å²) in [4.78, 5) is 28.7. The molecule has 0 bridgehead atoms. The Morgan fingerprint density at radius 2 is 2.00 bits per heavy atom. The van der Waals surface area contributed by atoms with Crippen LogP contribution in [0.4, 0.5) is 4.79 Å². The summed E-state index contributed by atoms with van der Waals surface area (Å²) in [6.45, 7) is 6.27. The van der Waals surface area contributed by atoms with Gasteiger partial charge in [0.15, 0.2) is 0 Å². The number of rotatable bonds is 6. The lowest BCUT2D eigenvalue weighted by Crippen LogP contribution is -2.45. The van der Waals surface area contributed by atoms with Crippen LogP contribution in [0.1, 0.15) is 32.3 Å². The Hall–Kier alpha value is -2.12. The van der Waals surface area contributed by atoms with Crippen molar-refractivity contribution in [3.63, 3.8) is 0 Å². The third-order valence-corrected chi connectivity index (χ3v) is 5.66. The molecule has 148 valence electrons. The van der Waals surface area contributed by atoms with Crippen LogP contribution < -0.4 is 10.1 Å². The number of ether oxygens (including phenoxy) is 1. The predicted molar refractivity (Wildman–Crippen MR) is 101 cm³/mol. The van der Waals surface area contributed by atoms with Crippen LogP contribution in [0.25, 0.3) is 0 Å². The van der Waals surface area contributed by atoms with E-state index in [4.69, 9.17) is 4.74 Å². The van der Waals surface area contributed by atoms with Gasteiger partial charge in [0, 0.05) is 6.54 Å². The molecule has 1 aromatic carbocycles. The summed E-state index contributed by atoms with van der Waals surface area (Å²) >= 11 is 0. The van der Waals surface area contributed by atoms with E-state index in [1.807, 2.05) is 0 Å². The van der Waals surface area contributed by atoms with Crippen LogP contribution in [-0.4, -0.2) is 66.2 Å². The van der Waals surface area contributed by atoms with Gasteiger partial charge in [-0.05, 0) is 56.5 Å². The van der Waals surface area contributed by atoms with E-state index in [9.17, 15) is 14.7 Å². The lowest BCUT2D eigenvalue weighted by molar-refractivity contribution is -0.132. The fourth-order valence-corrected chi connectivity index (χ4v) is 3.80. The van der Waals surface area contributed by atoms with E-state index in [2.05, 4.69) is 17.1 Å². The number of aliphatic hydroxyl groups excluding tert-OH is 1. The lowest BCUT2D eigenvalue weighted by Gasteiger charge is -2.32. The number of likely N-dealkylation sites (tertiary alicyclic amines) is 1. The third-order valence-electron chi connectivity index (χ3n) is 5.66. The van der Waals surface area contributed by atoms with Crippen LogP contribution >= 0.6 is 0 Å². The van der Waals surface area contributed by atoms with E-state index < -0.39 is 17.7 Å². The number of imide groups is 1. The van der Waals surface area contributed by atoms with Crippen LogP contribution in [0.5, 0.6) is 5.75 Å². The highest BCUT2D eigenvalue weighted by molar-refractivity contribution is 6.07. The maximum absolute atomic E-state index is 13.0. The number of piperidine rings is 1. The monoisotopic (exact) mass is 375 g/mol. The van der Waals surface area contributed by atoms with Crippen molar-refractivity contribution < 1.29 is 19.4 Å². The number of aliphatic hydroxyl groups is 1. The summed E-state index contributed by atoms with van der Waals surface area (Å²) in [6.07, 6.45) is 1.47. The molecule has 0 aliphatic carbocycles. The maximum Gasteiger partial charge on any atom is 0.325 e. The van der Waals surface area contributed by atoms with Gasteiger partial charge in [-0.3, -0.25) is 9.69 Å². The molecule has 2 N–H and O–H groups in total. The summed E-state index contributed by atoms with van der Waals surface area (Å²) in [5, 5.41) is 13.2. The van der Waals surface area contributed by atoms with Gasteiger partial charge >= 0.3 is 6.03 Å². The molecular formula is C20H29N3O4. The highest BCUT2D eigenvalue weighted by Gasteiger charge is 2.49. The Morgan fingerprint density at radius 1 is 1.30 bits per heavy atom. The molecule has 3 rings (SSSR count). The second-order valence-corrected chi connectivity index (χ2v) is 7.84. The van der Waals surface area contributed by atoms with Gasteiger partial charge in [-0.2, -0.15) is 0 Å². The van der Waals surface area contributed by atoms with Gasteiger partial charge in [-0.25, -0.2) is 4.79 Å². The van der Waals surface area contributed by atoms with Crippen molar-refractivity contribution in [3.05, 3.63) is 29.8 Å². The van der Waals surface area contributed by atoms with Crippen molar-refractivity contribution in [2.45, 2.75) is 38.3 Å². The summed E-state index contributed by atoms with van der Waals surface area (Å²) in [5.74, 6) is 0.980. The Morgan fingerprint density at radius 3 is 2.67 bits per heavy atom. The normalized spacial score (nSPS) is 25.6. The Balaban J connectivity index is 1.66. The van der Waals surface area contributed by atoms with Gasteiger partial charge in [-0.15, -0.1) is 0 Å². The zero-order chi connectivity index (χ0) is 19.6. The summed E-state index contributed by atoms with van der Waals surface area (Å²) in [7, 11) is 1.56. The molecule has 7 heteroatoms. The standard InChI is InChI=1S/C20H29N3O4/c1-14-7-9-22(10-8-14)12-16(24)13-23-18(25)20(2,21-19(23)26)15-5-4-6-17(11-15)27-3/h4-6,11,14,16,24H,7-10,12-13H2,1-3H3,(H,21,26). The minimum atomic E-state index is -1.16. The number of nitrogens with zero attached hydrogens (tertiary/aromatic N) is 2. The van der Waals surface area contributed by atoms with E-state index in [0.29, 0.717) is 23.8 Å². The second-order valence-electron chi connectivity index (χ2n) is 7.84.